The van der Waals surface area contributed by atoms with Crippen molar-refractivity contribution in [2.75, 3.05) is 0 Å². The van der Waals surface area contributed by atoms with Crippen LogP contribution >= 0.6 is 0 Å². The van der Waals surface area contributed by atoms with Gasteiger partial charge in [-0.15, -0.1) is 20.4 Å². The molecule has 0 unspecified atom stereocenters. The Balaban J connectivity index is 1.76. The van der Waals surface area contributed by atoms with Gasteiger partial charge in [0.05, 0.1) is 6.54 Å². The van der Waals surface area contributed by atoms with E-state index in [0.29, 0.717) is 5.82 Å². The zero-order valence-electron chi connectivity index (χ0n) is 9.11. The number of H-pyrrole nitrogens is 1. The first-order valence-electron chi connectivity index (χ1n) is 5.15. The molecular weight excluding hydrogens is 236 g/mol. The van der Waals surface area contributed by atoms with Crippen molar-refractivity contribution >= 4 is 11.6 Å². The van der Waals surface area contributed by atoms with Crippen LogP contribution in [0.2, 0.25) is 0 Å². The van der Waals surface area contributed by atoms with E-state index in [1.54, 1.807) is 4.40 Å². The van der Waals surface area contributed by atoms with Crippen LogP contribution in [0.25, 0.3) is 5.65 Å². The predicted octanol–water partition coefficient (Wildman–Crippen LogP) is -0.828. The van der Waals surface area contributed by atoms with Crippen LogP contribution in [0, 0.1) is 0 Å². The van der Waals surface area contributed by atoms with E-state index < -0.39 is 5.91 Å². The van der Waals surface area contributed by atoms with Crippen molar-refractivity contribution in [3.05, 3.63) is 36.0 Å². The standard InChI is InChI=1S/C9H8N8O/c18-9(8-13-15-16-14-8)10-5-7-12-11-6-3-1-2-4-17(6)7/h1-4H,5H2,(H,10,18)(H,13,14,15,16). The topological polar surface area (TPSA) is 114 Å². The smallest absolute Gasteiger partial charge is 0.293 e. The third kappa shape index (κ3) is 1.77. The maximum Gasteiger partial charge on any atom is 0.293 e. The number of tetrazole rings is 1. The van der Waals surface area contributed by atoms with Crippen LogP contribution in [0.5, 0.6) is 0 Å². The summed E-state index contributed by atoms with van der Waals surface area (Å²) >= 11 is 0. The van der Waals surface area contributed by atoms with Crippen molar-refractivity contribution in [1.82, 2.24) is 40.5 Å². The van der Waals surface area contributed by atoms with E-state index in [0.717, 1.165) is 5.65 Å². The lowest BCUT2D eigenvalue weighted by Gasteiger charge is -2.00. The van der Waals surface area contributed by atoms with E-state index >= 15 is 0 Å². The molecule has 3 rings (SSSR count). The van der Waals surface area contributed by atoms with E-state index in [-0.39, 0.29) is 12.4 Å². The Morgan fingerprint density at radius 2 is 2.28 bits per heavy atom. The normalized spacial score (nSPS) is 10.7. The van der Waals surface area contributed by atoms with Crippen molar-refractivity contribution < 1.29 is 4.79 Å². The van der Waals surface area contributed by atoms with Crippen molar-refractivity contribution in [2.45, 2.75) is 6.54 Å². The van der Waals surface area contributed by atoms with Gasteiger partial charge in [0.25, 0.3) is 11.7 Å². The Kier molecular flexibility index (Phi) is 2.41. The van der Waals surface area contributed by atoms with Gasteiger partial charge in [-0.3, -0.25) is 9.20 Å². The van der Waals surface area contributed by atoms with Crippen LogP contribution in [0.4, 0.5) is 0 Å². The summed E-state index contributed by atoms with van der Waals surface area (Å²) in [6.07, 6.45) is 1.82. The van der Waals surface area contributed by atoms with Crippen LogP contribution in [-0.4, -0.2) is 41.1 Å². The van der Waals surface area contributed by atoms with Crippen molar-refractivity contribution in [3.63, 3.8) is 0 Å². The first-order chi connectivity index (χ1) is 8.84. The Labute approximate surface area is 100 Å². The molecule has 0 aliphatic heterocycles. The van der Waals surface area contributed by atoms with Crippen LogP contribution in [0.1, 0.15) is 16.4 Å². The van der Waals surface area contributed by atoms with Crippen LogP contribution in [0.15, 0.2) is 24.4 Å². The van der Waals surface area contributed by atoms with Crippen molar-refractivity contribution in [1.29, 1.82) is 0 Å². The Morgan fingerprint density at radius 3 is 3.11 bits per heavy atom. The van der Waals surface area contributed by atoms with Gasteiger partial charge in [0, 0.05) is 6.20 Å². The summed E-state index contributed by atoms with van der Waals surface area (Å²) in [4.78, 5) is 11.6. The van der Waals surface area contributed by atoms with Gasteiger partial charge in [0.15, 0.2) is 11.5 Å². The quantitative estimate of drug-likeness (QED) is 0.621. The molecule has 0 aromatic carbocycles. The van der Waals surface area contributed by atoms with Crippen LogP contribution in [-0.2, 0) is 6.54 Å². The summed E-state index contributed by atoms with van der Waals surface area (Å²) in [7, 11) is 0. The lowest BCUT2D eigenvalue weighted by molar-refractivity contribution is 0.0939. The highest BCUT2D eigenvalue weighted by Crippen LogP contribution is 2.02. The molecule has 0 saturated carbocycles. The molecule has 9 nitrogen and oxygen atoms in total. The molecule has 9 heteroatoms. The molecule has 0 bridgehead atoms. The minimum atomic E-state index is -0.420. The number of pyridine rings is 1. The van der Waals surface area contributed by atoms with Gasteiger partial charge in [0.1, 0.15) is 0 Å². The molecule has 3 heterocycles. The molecule has 1 amide bonds. The summed E-state index contributed by atoms with van der Waals surface area (Å²) in [5.41, 5.74) is 0.723. The Hall–Kier alpha value is -2.84. The van der Waals surface area contributed by atoms with Crippen LogP contribution in [0.3, 0.4) is 0 Å². The molecule has 0 aliphatic carbocycles. The second kappa shape index (κ2) is 4.20. The SMILES string of the molecule is O=C(NCc1nnc2ccccn12)c1nn[nH]n1. The minimum absolute atomic E-state index is 0.0104. The van der Waals surface area contributed by atoms with Gasteiger partial charge in [0.2, 0.25) is 0 Å². The first kappa shape index (κ1) is 10.3. The number of hydrogen-bond donors (Lipinski definition) is 2. The number of hydrogen-bond acceptors (Lipinski definition) is 6. The number of fused-ring (bicyclic) bond motifs is 1. The summed E-state index contributed by atoms with van der Waals surface area (Å²) in [5.74, 6) is 0.197. The fraction of sp³-hybridized carbons (Fsp3) is 0.111. The number of nitrogens with one attached hydrogen (secondary N) is 2. The number of nitrogens with zero attached hydrogens (tertiary/aromatic N) is 6. The largest absolute Gasteiger partial charge is 0.342 e. The lowest BCUT2D eigenvalue weighted by Crippen LogP contribution is -2.25. The van der Waals surface area contributed by atoms with Gasteiger partial charge < -0.3 is 5.32 Å². The zero-order valence-corrected chi connectivity index (χ0v) is 9.11. The summed E-state index contributed by atoms with van der Waals surface area (Å²) in [6, 6.07) is 5.56. The first-order valence-corrected chi connectivity index (χ1v) is 5.15. The molecular formula is C9H8N8O. The molecule has 18 heavy (non-hydrogen) atoms. The van der Waals surface area contributed by atoms with E-state index in [4.69, 9.17) is 0 Å². The fourth-order valence-electron chi connectivity index (χ4n) is 1.51. The van der Waals surface area contributed by atoms with E-state index in [1.165, 1.54) is 0 Å². The third-order valence-corrected chi connectivity index (χ3v) is 2.34. The molecule has 3 aromatic heterocycles. The number of carbonyl (C=O) groups excluding carboxylic acids is 1. The molecule has 0 fully saturated rings. The predicted molar refractivity (Wildman–Crippen MR) is 58.3 cm³/mol. The maximum atomic E-state index is 11.6. The number of aromatic amines is 1. The summed E-state index contributed by atoms with van der Waals surface area (Å²) in [5, 5.41) is 23.3. The van der Waals surface area contributed by atoms with E-state index in [1.807, 2.05) is 24.4 Å². The average molecular weight is 244 g/mol. The van der Waals surface area contributed by atoms with Gasteiger partial charge >= 0.3 is 0 Å². The molecule has 3 aromatic rings. The number of aromatic nitrogens is 7. The highest BCUT2D eigenvalue weighted by Gasteiger charge is 2.11. The lowest BCUT2D eigenvalue weighted by atomic mass is 10.4. The van der Waals surface area contributed by atoms with Gasteiger partial charge in [-0.2, -0.15) is 5.21 Å². The van der Waals surface area contributed by atoms with Gasteiger partial charge in [-0.05, 0) is 17.3 Å². The van der Waals surface area contributed by atoms with Gasteiger partial charge in [-0.25, -0.2) is 0 Å². The van der Waals surface area contributed by atoms with E-state index in [2.05, 4.69) is 36.1 Å². The minimum Gasteiger partial charge on any atom is -0.342 e. The van der Waals surface area contributed by atoms with E-state index in [9.17, 15) is 4.79 Å². The fourth-order valence-corrected chi connectivity index (χ4v) is 1.51. The molecule has 0 saturated heterocycles. The van der Waals surface area contributed by atoms with Crippen LogP contribution < -0.4 is 5.32 Å². The summed E-state index contributed by atoms with van der Waals surface area (Å²) in [6.45, 7) is 0.235. The molecule has 2 N–H and O–H groups in total. The number of amides is 1. The summed E-state index contributed by atoms with van der Waals surface area (Å²) < 4.78 is 1.79. The average Bonchev–Trinajstić information content (AvgIpc) is 3.06. The molecule has 90 valence electrons. The highest BCUT2D eigenvalue weighted by molar-refractivity contribution is 5.89. The zero-order chi connectivity index (χ0) is 12.4. The number of carbonyl (C=O) groups is 1. The third-order valence-electron chi connectivity index (χ3n) is 2.34. The molecule has 0 spiro atoms. The monoisotopic (exact) mass is 244 g/mol. The van der Waals surface area contributed by atoms with Gasteiger partial charge in [-0.1, -0.05) is 6.07 Å². The second-order valence-corrected chi connectivity index (χ2v) is 3.46. The van der Waals surface area contributed by atoms with Crippen molar-refractivity contribution in [2.24, 2.45) is 0 Å². The molecule has 0 radical (unpaired) electrons. The Morgan fingerprint density at radius 1 is 1.33 bits per heavy atom. The maximum absolute atomic E-state index is 11.6. The molecule has 0 atom stereocenters. The second-order valence-electron chi connectivity index (χ2n) is 3.46. The highest BCUT2D eigenvalue weighted by atomic mass is 16.2. The Bertz CT molecular complexity index is 673. The van der Waals surface area contributed by atoms with Crippen molar-refractivity contribution in [3.8, 4) is 0 Å². The molecule has 0 aliphatic rings. The number of rotatable bonds is 3.